The molecule has 1 heterocycles. The predicted molar refractivity (Wildman–Crippen MR) is 134 cm³/mol. The van der Waals surface area contributed by atoms with Crippen molar-refractivity contribution in [3.05, 3.63) is 93.8 Å². The first-order chi connectivity index (χ1) is 16.9. The van der Waals surface area contributed by atoms with E-state index in [9.17, 15) is 8.78 Å². The first kappa shape index (κ1) is 25.7. The van der Waals surface area contributed by atoms with E-state index in [1.165, 1.54) is 12.1 Å². The average Bonchev–Trinajstić information content (AvgIpc) is 2.86. The number of hydrogen-bond acceptors (Lipinski definition) is 2. The largest absolute Gasteiger partial charge is 0.352 e. The Morgan fingerprint density at radius 1 is 0.886 bits per heavy atom. The number of allylic oxidation sites excluding steroid dienone is 2. The van der Waals surface area contributed by atoms with Crippen LogP contribution < -0.4 is 0 Å². The molecule has 0 N–H and O–H groups in total. The first-order valence-corrected chi connectivity index (χ1v) is 12.5. The van der Waals surface area contributed by atoms with Crippen LogP contribution in [-0.4, -0.2) is 19.5 Å². The standard InChI is InChI=1S/C29H30ClF3O2/c1-2-3-4-5-21-17-34-27(35-18-21)13-8-19-7-12-24-23(14-19)11-10-22(29(24)33)9-6-20-15-25(31)28(30)26(32)16-20/h2-3,7,10-12,14-16,21,27H,4-6,8-9,13,17-18H2,1H3/b3-2+. The van der Waals surface area contributed by atoms with Crippen LogP contribution >= 0.6 is 11.6 Å². The molecule has 35 heavy (non-hydrogen) atoms. The molecule has 1 aliphatic rings. The fourth-order valence-corrected chi connectivity index (χ4v) is 4.58. The topological polar surface area (TPSA) is 18.5 Å². The van der Waals surface area contributed by atoms with Crippen molar-refractivity contribution in [1.82, 2.24) is 0 Å². The van der Waals surface area contributed by atoms with Crippen LogP contribution in [0.3, 0.4) is 0 Å². The second kappa shape index (κ2) is 12.1. The number of ether oxygens (including phenoxy) is 2. The van der Waals surface area contributed by atoms with Gasteiger partial charge in [0.2, 0.25) is 0 Å². The van der Waals surface area contributed by atoms with Gasteiger partial charge in [-0.05, 0) is 73.2 Å². The molecule has 1 aliphatic heterocycles. The third kappa shape index (κ3) is 6.66. The van der Waals surface area contributed by atoms with Crippen LogP contribution in [-0.2, 0) is 28.7 Å². The fraction of sp³-hybridized carbons (Fsp3) is 0.379. The minimum atomic E-state index is -0.804. The van der Waals surface area contributed by atoms with E-state index in [0.29, 0.717) is 35.3 Å². The molecule has 3 aromatic rings. The number of fused-ring (bicyclic) bond motifs is 1. The van der Waals surface area contributed by atoms with Gasteiger partial charge in [-0.15, -0.1) is 0 Å². The van der Waals surface area contributed by atoms with E-state index in [2.05, 4.69) is 12.2 Å². The van der Waals surface area contributed by atoms with Gasteiger partial charge in [0, 0.05) is 17.7 Å². The van der Waals surface area contributed by atoms with E-state index < -0.39 is 16.7 Å². The third-order valence-corrected chi connectivity index (χ3v) is 6.87. The quantitative estimate of drug-likeness (QED) is 0.218. The van der Waals surface area contributed by atoms with Gasteiger partial charge in [-0.2, -0.15) is 0 Å². The Kier molecular flexibility index (Phi) is 8.88. The predicted octanol–water partition coefficient (Wildman–Crippen LogP) is 7.97. The molecule has 0 unspecified atom stereocenters. The molecule has 186 valence electrons. The minimum Gasteiger partial charge on any atom is -0.352 e. The van der Waals surface area contributed by atoms with Crippen molar-refractivity contribution in [2.24, 2.45) is 5.92 Å². The van der Waals surface area contributed by atoms with E-state index in [-0.39, 0.29) is 12.1 Å². The second-order valence-electron chi connectivity index (χ2n) is 9.11. The van der Waals surface area contributed by atoms with Crippen LogP contribution in [0.5, 0.6) is 0 Å². The van der Waals surface area contributed by atoms with Crippen molar-refractivity contribution in [3.63, 3.8) is 0 Å². The lowest BCUT2D eigenvalue weighted by molar-refractivity contribution is -0.203. The van der Waals surface area contributed by atoms with Gasteiger partial charge in [0.25, 0.3) is 0 Å². The van der Waals surface area contributed by atoms with Gasteiger partial charge in [0.05, 0.1) is 13.2 Å². The van der Waals surface area contributed by atoms with Gasteiger partial charge in [-0.3, -0.25) is 0 Å². The van der Waals surface area contributed by atoms with E-state index in [4.69, 9.17) is 21.1 Å². The Morgan fingerprint density at radius 3 is 2.34 bits per heavy atom. The Hall–Kier alpha value is -2.34. The zero-order chi connectivity index (χ0) is 24.8. The molecule has 1 fully saturated rings. The van der Waals surface area contributed by atoms with Crippen LogP contribution in [0, 0.1) is 23.4 Å². The maximum Gasteiger partial charge on any atom is 0.157 e. The summed E-state index contributed by atoms with van der Waals surface area (Å²) in [5.41, 5.74) is 2.05. The van der Waals surface area contributed by atoms with Gasteiger partial charge in [0.15, 0.2) is 6.29 Å². The van der Waals surface area contributed by atoms with Gasteiger partial charge in [-0.25, -0.2) is 13.2 Å². The second-order valence-corrected chi connectivity index (χ2v) is 9.49. The van der Waals surface area contributed by atoms with E-state index in [1.54, 1.807) is 12.1 Å². The first-order valence-electron chi connectivity index (χ1n) is 12.1. The normalized spacial score (nSPS) is 18.5. The molecule has 0 spiro atoms. The zero-order valence-electron chi connectivity index (χ0n) is 19.8. The summed E-state index contributed by atoms with van der Waals surface area (Å²) in [4.78, 5) is 0. The van der Waals surface area contributed by atoms with Crippen LogP contribution in [0.1, 0.15) is 42.9 Å². The zero-order valence-corrected chi connectivity index (χ0v) is 20.6. The van der Waals surface area contributed by atoms with Gasteiger partial charge in [0.1, 0.15) is 22.5 Å². The highest BCUT2D eigenvalue weighted by molar-refractivity contribution is 6.30. The molecule has 3 aromatic carbocycles. The lowest BCUT2D eigenvalue weighted by Crippen LogP contribution is -2.32. The summed E-state index contributed by atoms with van der Waals surface area (Å²) >= 11 is 5.54. The van der Waals surface area contributed by atoms with Gasteiger partial charge < -0.3 is 9.47 Å². The van der Waals surface area contributed by atoms with E-state index in [0.717, 1.165) is 49.8 Å². The fourth-order valence-electron chi connectivity index (χ4n) is 4.47. The van der Waals surface area contributed by atoms with Crippen molar-refractivity contribution >= 4 is 22.4 Å². The molecule has 6 heteroatoms. The Morgan fingerprint density at radius 2 is 1.63 bits per heavy atom. The third-order valence-electron chi connectivity index (χ3n) is 6.51. The Balaban J connectivity index is 1.33. The molecule has 1 saturated heterocycles. The number of aryl methyl sites for hydroxylation is 3. The molecule has 0 atom stereocenters. The van der Waals surface area contributed by atoms with Crippen LogP contribution in [0.15, 0.2) is 54.6 Å². The van der Waals surface area contributed by atoms with Crippen molar-refractivity contribution in [2.45, 2.75) is 51.7 Å². The maximum absolute atomic E-state index is 15.1. The number of halogens is 4. The van der Waals surface area contributed by atoms with Gasteiger partial charge in [-0.1, -0.05) is 54.1 Å². The lowest BCUT2D eigenvalue weighted by Gasteiger charge is -2.29. The summed E-state index contributed by atoms with van der Waals surface area (Å²) < 4.78 is 54.3. The maximum atomic E-state index is 15.1. The monoisotopic (exact) mass is 502 g/mol. The summed E-state index contributed by atoms with van der Waals surface area (Å²) in [6, 6.07) is 11.7. The summed E-state index contributed by atoms with van der Waals surface area (Å²) in [6.07, 6.45) is 8.32. The van der Waals surface area contributed by atoms with E-state index in [1.807, 2.05) is 25.1 Å². The summed E-state index contributed by atoms with van der Waals surface area (Å²) in [7, 11) is 0. The van der Waals surface area contributed by atoms with Crippen LogP contribution in [0.4, 0.5) is 13.2 Å². The smallest absolute Gasteiger partial charge is 0.157 e. The molecular formula is C29H30ClF3O2. The molecule has 0 aromatic heterocycles. The molecule has 4 rings (SSSR count). The van der Waals surface area contributed by atoms with Crippen molar-refractivity contribution in [3.8, 4) is 0 Å². The molecule has 2 nitrogen and oxygen atoms in total. The molecule has 0 bridgehead atoms. The minimum absolute atomic E-state index is 0.203. The SMILES string of the molecule is C/C=C/CCC1COC(CCc2ccc3c(F)c(CCc4cc(F)c(Cl)c(F)c4)ccc3c2)OC1. The number of hydrogen-bond donors (Lipinski definition) is 0. The molecule has 0 radical (unpaired) electrons. The van der Waals surface area contributed by atoms with Crippen molar-refractivity contribution in [2.75, 3.05) is 13.2 Å². The molecular weight excluding hydrogens is 473 g/mol. The van der Waals surface area contributed by atoms with Crippen LogP contribution in [0.2, 0.25) is 5.02 Å². The van der Waals surface area contributed by atoms with Gasteiger partial charge >= 0.3 is 0 Å². The molecule has 0 amide bonds. The molecule has 0 aliphatic carbocycles. The summed E-state index contributed by atoms with van der Waals surface area (Å²) in [6.45, 7) is 3.48. The Bertz CT molecular complexity index is 1160. The highest BCUT2D eigenvalue weighted by Gasteiger charge is 2.21. The van der Waals surface area contributed by atoms with Crippen LogP contribution in [0.25, 0.3) is 10.8 Å². The summed E-state index contributed by atoms with van der Waals surface area (Å²) in [5, 5.41) is 0.836. The number of rotatable bonds is 9. The highest BCUT2D eigenvalue weighted by Crippen LogP contribution is 2.26. The van der Waals surface area contributed by atoms with Crippen molar-refractivity contribution in [1.29, 1.82) is 0 Å². The Labute approximate surface area is 209 Å². The average molecular weight is 503 g/mol. The van der Waals surface area contributed by atoms with Crippen molar-refractivity contribution < 1.29 is 22.6 Å². The lowest BCUT2D eigenvalue weighted by atomic mass is 9.98. The molecule has 0 saturated carbocycles. The van der Waals surface area contributed by atoms with E-state index >= 15 is 4.39 Å². The number of benzene rings is 3. The highest BCUT2D eigenvalue weighted by atomic mass is 35.5. The summed E-state index contributed by atoms with van der Waals surface area (Å²) in [5.74, 6) is -1.47.